The van der Waals surface area contributed by atoms with Crippen LogP contribution in [0, 0.1) is 28.6 Å². The molecule has 8 heteroatoms. The van der Waals surface area contributed by atoms with E-state index >= 15 is 0 Å². The van der Waals surface area contributed by atoms with E-state index in [0.717, 1.165) is 5.56 Å². The van der Waals surface area contributed by atoms with Gasteiger partial charge in [-0.3, -0.25) is 14.4 Å². The van der Waals surface area contributed by atoms with Gasteiger partial charge in [0.05, 0.1) is 31.5 Å². The van der Waals surface area contributed by atoms with Crippen molar-refractivity contribution in [1.29, 1.82) is 0 Å². The smallest absolute Gasteiger partial charge is 0.334 e. The molecule has 1 aromatic carbocycles. The van der Waals surface area contributed by atoms with Gasteiger partial charge in [0.1, 0.15) is 6.10 Å². The number of aryl methyl sites for hydroxylation is 1. The molecule has 1 aliphatic heterocycles. The molecule has 212 valence electrons. The van der Waals surface area contributed by atoms with Crippen LogP contribution in [0.15, 0.2) is 65.5 Å². The molecule has 1 saturated heterocycles. The summed E-state index contributed by atoms with van der Waals surface area (Å²) in [6.07, 6.45) is 3.68. The lowest BCUT2D eigenvalue weighted by Gasteiger charge is -2.61. The zero-order chi connectivity index (χ0) is 28.7. The fourth-order valence-electron chi connectivity index (χ4n) is 7.52. The van der Waals surface area contributed by atoms with Crippen LogP contribution in [-0.2, 0) is 39.8 Å². The number of benzene rings is 1. The molecule has 0 amide bonds. The van der Waals surface area contributed by atoms with Crippen LogP contribution in [0.4, 0.5) is 0 Å². The number of ether oxygens (including phenoxy) is 3. The van der Waals surface area contributed by atoms with Crippen LogP contribution in [0.2, 0.25) is 0 Å². The van der Waals surface area contributed by atoms with Crippen LogP contribution < -0.4 is 0 Å². The highest BCUT2D eigenvalue weighted by Gasteiger charge is 2.67. The summed E-state index contributed by atoms with van der Waals surface area (Å²) >= 11 is 0. The van der Waals surface area contributed by atoms with E-state index in [1.165, 1.54) is 19.6 Å². The van der Waals surface area contributed by atoms with E-state index in [0.29, 0.717) is 37.7 Å². The van der Waals surface area contributed by atoms with Gasteiger partial charge in [0.2, 0.25) is 0 Å². The number of carbonyl (C=O) groups is 4. The predicted octanol–water partition coefficient (Wildman–Crippen LogP) is 5.17. The van der Waals surface area contributed by atoms with Crippen molar-refractivity contribution in [3.63, 3.8) is 0 Å². The van der Waals surface area contributed by atoms with E-state index in [1.807, 2.05) is 44.2 Å². The molecule has 8 nitrogen and oxygen atoms in total. The Balaban J connectivity index is 1.43. The van der Waals surface area contributed by atoms with Crippen LogP contribution >= 0.6 is 0 Å². The van der Waals surface area contributed by atoms with E-state index < -0.39 is 52.7 Å². The molecule has 2 aromatic rings. The lowest BCUT2D eigenvalue weighted by atomic mass is 9.43. The normalized spacial score (nSPS) is 33.2. The Labute approximate surface area is 234 Å². The molecule has 2 heterocycles. The van der Waals surface area contributed by atoms with Crippen molar-refractivity contribution in [2.45, 2.75) is 64.6 Å². The highest BCUT2D eigenvalue weighted by Crippen LogP contribution is 2.65. The number of hydrogen-bond acceptors (Lipinski definition) is 8. The minimum absolute atomic E-state index is 0.0343. The van der Waals surface area contributed by atoms with E-state index in [4.69, 9.17) is 18.6 Å². The molecule has 0 N–H and O–H groups in total. The van der Waals surface area contributed by atoms with Gasteiger partial charge in [-0.25, -0.2) is 4.79 Å². The average molecular weight is 549 g/mol. The predicted molar refractivity (Wildman–Crippen MR) is 143 cm³/mol. The molecule has 40 heavy (non-hydrogen) atoms. The molecule has 2 aliphatic carbocycles. The third-order valence-corrected chi connectivity index (χ3v) is 9.60. The van der Waals surface area contributed by atoms with Crippen LogP contribution in [0.25, 0.3) is 0 Å². The van der Waals surface area contributed by atoms with Crippen molar-refractivity contribution >= 4 is 23.7 Å². The van der Waals surface area contributed by atoms with Gasteiger partial charge in [-0.05, 0) is 54.6 Å². The number of fused-ring (bicyclic) bond motifs is 3. The lowest BCUT2D eigenvalue weighted by Crippen LogP contribution is -2.64. The van der Waals surface area contributed by atoms with Gasteiger partial charge in [0.15, 0.2) is 11.9 Å². The van der Waals surface area contributed by atoms with Gasteiger partial charge in [0.25, 0.3) is 0 Å². The minimum atomic E-state index is -1.15. The van der Waals surface area contributed by atoms with Crippen molar-refractivity contribution in [3.05, 3.63) is 72.2 Å². The van der Waals surface area contributed by atoms with Gasteiger partial charge in [-0.2, -0.15) is 0 Å². The van der Waals surface area contributed by atoms with Crippen molar-refractivity contribution in [3.8, 4) is 0 Å². The number of Topliss-reactive ketones (excluding diaryl/α,β-unsaturated/α-hetero) is 1. The number of methoxy groups -OCH3 is 1. The number of carbonyl (C=O) groups excluding carboxylic acids is 4. The zero-order valence-corrected chi connectivity index (χ0v) is 23.2. The summed E-state index contributed by atoms with van der Waals surface area (Å²) in [5.74, 6) is -3.66. The van der Waals surface area contributed by atoms with Crippen LogP contribution in [0.3, 0.4) is 0 Å². The SMILES string of the molecule is C=C(CCc1ccccc1)C(=O)O[C@H]1C[C@@H](C(=O)OC)[C@]2(C)CC[C@H]3C(=O)O[C@H](c4ccoc4)C[C@]3(C)[C@H]2C1=O. The fraction of sp³-hybridized carbons (Fsp3) is 0.500. The molecule has 0 spiro atoms. The first-order valence-electron chi connectivity index (χ1n) is 13.9. The Morgan fingerprint density at radius 1 is 1.10 bits per heavy atom. The molecule has 0 radical (unpaired) electrons. The van der Waals surface area contributed by atoms with Crippen molar-refractivity contribution in [2.24, 2.45) is 28.6 Å². The van der Waals surface area contributed by atoms with Gasteiger partial charge in [-0.15, -0.1) is 0 Å². The summed E-state index contributed by atoms with van der Waals surface area (Å²) in [7, 11) is 1.32. The molecule has 3 fully saturated rings. The Kier molecular flexibility index (Phi) is 7.46. The first-order chi connectivity index (χ1) is 19.1. The van der Waals surface area contributed by atoms with Crippen molar-refractivity contribution < 1.29 is 37.8 Å². The summed E-state index contributed by atoms with van der Waals surface area (Å²) in [5, 5.41) is 0. The summed E-state index contributed by atoms with van der Waals surface area (Å²) in [5.41, 5.74) is 0.424. The Bertz CT molecular complexity index is 1300. The van der Waals surface area contributed by atoms with E-state index in [9.17, 15) is 19.2 Å². The monoisotopic (exact) mass is 548 g/mol. The molecule has 1 aromatic heterocycles. The number of esters is 3. The zero-order valence-electron chi connectivity index (χ0n) is 23.2. The first-order valence-corrected chi connectivity index (χ1v) is 13.9. The summed E-state index contributed by atoms with van der Waals surface area (Å²) in [6, 6.07) is 11.5. The molecular weight excluding hydrogens is 512 g/mol. The second-order valence-electron chi connectivity index (χ2n) is 11.9. The van der Waals surface area contributed by atoms with E-state index in [2.05, 4.69) is 6.58 Å². The number of ketones is 1. The maximum absolute atomic E-state index is 14.3. The molecule has 5 rings (SSSR count). The second-order valence-corrected chi connectivity index (χ2v) is 11.9. The van der Waals surface area contributed by atoms with Crippen LogP contribution in [0.5, 0.6) is 0 Å². The van der Waals surface area contributed by atoms with Gasteiger partial charge in [-0.1, -0.05) is 50.8 Å². The van der Waals surface area contributed by atoms with Crippen LogP contribution in [-0.4, -0.2) is 36.9 Å². The summed E-state index contributed by atoms with van der Waals surface area (Å²) in [4.78, 5) is 53.8. The number of cyclic esters (lactones) is 1. The number of hydrogen-bond donors (Lipinski definition) is 0. The Morgan fingerprint density at radius 2 is 1.85 bits per heavy atom. The highest BCUT2D eigenvalue weighted by atomic mass is 16.6. The molecule has 2 saturated carbocycles. The summed E-state index contributed by atoms with van der Waals surface area (Å²) in [6.45, 7) is 7.77. The van der Waals surface area contributed by atoms with Gasteiger partial charge >= 0.3 is 17.9 Å². The average Bonchev–Trinajstić information content (AvgIpc) is 3.48. The topological polar surface area (TPSA) is 109 Å². The van der Waals surface area contributed by atoms with Gasteiger partial charge < -0.3 is 18.6 Å². The fourth-order valence-corrected chi connectivity index (χ4v) is 7.52. The number of rotatable bonds is 7. The molecule has 0 unspecified atom stereocenters. The Morgan fingerprint density at radius 3 is 2.52 bits per heavy atom. The maximum atomic E-state index is 14.3. The second kappa shape index (κ2) is 10.7. The van der Waals surface area contributed by atoms with Crippen molar-refractivity contribution in [2.75, 3.05) is 7.11 Å². The van der Waals surface area contributed by atoms with Crippen LogP contribution in [0.1, 0.15) is 63.2 Å². The molecule has 3 aliphatic rings. The summed E-state index contributed by atoms with van der Waals surface area (Å²) < 4.78 is 22.0. The molecule has 0 bridgehead atoms. The largest absolute Gasteiger partial charge is 0.472 e. The quantitative estimate of drug-likeness (QED) is 0.265. The van der Waals surface area contributed by atoms with Crippen molar-refractivity contribution in [1.82, 2.24) is 0 Å². The van der Waals surface area contributed by atoms with E-state index in [-0.39, 0.29) is 23.7 Å². The number of furan rings is 1. The Hall–Kier alpha value is -3.68. The third kappa shape index (κ3) is 4.78. The third-order valence-electron chi connectivity index (χ3n) is 9.60. The first kappa shape index (κ1) is 27.9. The van der Waals surface area contributed by atoms with Gasteiger partial charge in [0, 0.05) is 23.5 Å². The maximum Gasteiger partial charge on any atom is 0.334 e. The highest BCUT2D eigenvalue weighted by molar-refractivity contribution is 5.95. The van der Waals surface area contributed by atoms with E-state index in [1.54, 1.807) is 6.07 Å². The molecular formula is C32H36O8. The minimum Gasteiger partial charge on any atom is -0.472 e. The standard InChI is InChI=1S/C32H36O8/c1-19(10-11-20-8-6-5-7-9-20)28(34)39-24-16-23(29(35)37-4)31(2)14-12-22-30(36)40-25(21-13-15-38-18-21)17-32(22,3)27(31)26(24)33/h5-9,13,15,18,22-25,27H,1,10-12,14,16-17H2,2-4H3/t22-,23-,24-,25-,27-,31-,32-/m0/s1. The molecule has 7 atom stereocenters. The lowest BCUT2D eigenvalue weighted by molar-refractivity contribution is -0.210.